The van der Waals surface area contributed by atoms with Crippen molar-refractivity contribution in [2.45, 2.75) is 209 Å². The molecule has 1 spiro atoms. The van der Waals surface area contributed by atoms with Gasteiger partial charge in [0.2, 0.25) is 5.79 Å². The summed E-state index contributed by atoms with van der Waals surface area (Å²) < 4.78 is 63.4. The molecule has 3 N–H and O–H groups in total. The number of ketones is 1. The minimum Gasteiger partial charge on any atom is -0.462 e. The second-order valence-electron chi connectivity index (χ2n) is 19.9. The quantitative estimate of drug-likeness (QED) is 0.167. The summed E-state index contributed by atoms with van der Waals surface area (Å²) in [4.78, 5) is 27.8. The van der Waals surface area contributed by atoms with E-state index < -0.39 is 90.5 Å². The summed E-state index contributed by atoms with van der Waals surface area (Å²) in [6.45, 7) is 9.38. The third-order valence-corrected chi connectivity index (χ3v) is 15.5. The van der Waals surface area contributed by atoms with Gasteiger partial charge in [0.25, 0.3) is 0 Å². The summed E-state index contributed by atoms with van der Waals surface area (Å²) in [5, 5.41) is 33.5. The van der Waals surface area contributed by atoms with Crippen LogP contribution in [-0.4, -0.2) is 139 Å². The standard InChI is InChI=1S/C49H72O15/c1-27-17-18-34-22-35(25-47(63-34)20-19-28(2)43(64-47)32-13-9-8-10-14-32)60-46(51)36-21-29(3)42(50)45-48(36,52)33(26-57-45)15-11-12-16-37(27)61-40-23-38(55-6)44(30(4)58-40)62-41-24-39(56-7)49(53,54)31(5)59-41/h11-12,15,17,21,28,30-32,34-41,43-45,52-54H,8-10,13-14,16,18-20,22-26H2,1-7H3/b12-11+,27-17+,33-15+/t28-,30?,31?,34+,35-,36-,37-,38+,39+,40-,41-,43-,44-,45+,47?,48+/m0/s1. The largest absolute Gasteiger partial charge is 0.462 e. The number of hydrogen-bond acceptors (Lipinski definition) is 15. The Kier molecular flexibility index (Phi) is 14.8. The van der Waals surface area contributed by atoms with E-state index in [1.165, 1.54) is 26.4 Å². The van der Waals surface area contributed by atoms with E-state index in [2.05, 4.69) is 13.0 Å². The van der Waals surface area contributed by atoms with Crippen LogP contribution < -0.4 is 0 Å². The van der Waals surface area contributed by atoms with Crippen molar-refractivity contribution in [2.24, 2.45) is 17.8 Å². The van der Waals surface area contributed by atoms with Crippen LogP contribution in [0.2, 0.25) is 0 Å². The molecule has 15 nitrogen and oxygen atoms in total. The van der Waals surface area contributed by atoms with E-state index in [1.807, 2.05) is 19.9 Å². The SMILES string of the molecule is CO[C@@H]1C[C@H](O[C@H]2C/C=C/C=C3\CO[C@@H]4C(=O)C(C)=C[C@@H](C(=O)O[C@H]5C[C@@H](C/C=C/2C)OC2(CC[C@H](C)[C@@H](C6CCCCC6)O2)C5)[C@]34O)OC(C)[C@@H]1O[C@H]1C[C@@H](OC)C(O)(O)C(C)O1. The van der Waals surface area contributed by atoms with Gasteiger partial charge in [-0.25, -0.2) is 0 Å². The first-order chi connectivity index (χ1) is 30.5. The summed E-state index contributed by atoms with van der Waals surface area (Å²) in [6.07, 6.45) is 11.5. The van der Waals surface area contributed by atoms with Crippen molar-refractivity contribution in [3.8, 4) is 0 Å². The molecule has 358 valence electrons. The molecule has 8 rings (SSSR count). The predicted octanol–water partition coefficient (Wildman–Crippen LogP) is 5.42. The Morgan fingerprint density at radius 3 is 2.36 bits per heavy atom. The lowest BCUT2D eigenvalue weighted by atomic mass is 9.71. The Hall–Kier alpha value is -2.38. The van der Waals surface area contributed by atoms with Crippen LogP contribution in [0.5, 0.6) is 0 Å². The minimum absolute atomic E-state index is 0.0225. The van der Waals surface area contributed by atoms with Crippen LogP contribution in [-0.2, 0) is 57.0 Å². The molecule has 8 aliphatic rings. The molecule has 2 bridgehead atoms. The number of fused-ring (bicyclic) bond motifs is 2. The summed E-state index contributed by atoms with van der Waals surface area (Å²) in [5.41, 5.74) is -0.193. The first-order valence-corrected chi connectivity index (χ1v) is 23.8. The van der Waals surface area contributed by atoms with Gasteiger partial charge in [0.15, 0.2) is 30.3 Å². The maximum atomic E-state index is 14.4. The fourth-order valence-electron chi connectivity index (χ4n) is 11.6. The maximum Gasteiger partial charge on any atom is 0.316 e. The second-order valence-corrected chi connectivity index (χ2v) is 19.9. The third-order valence-electron chi connectivity index (χ3n) is 15.5. The summed E-state index contributed by atoms with van der Waals surface area (Å²) in [7, 11) is 3.03. The Balaban J connectivity index is 1.06. The molecule has 6 heterocycles. The van der Waals surface area contributed by atoms with Crippen molar-refractivity contribution < 1.29 is 72.3 Å². The number of carbonyl (C=O) groups excluding carboxylic acids is 2. The van der Waals surface area contributed by atoms with Crippen molar-refractivity contribution in [2.75, 3.05) is 20.8 Å². The molecule has 0 radical (unpaired) electrons. The highest BCUT2D eigenvalue weighted by molar-refractivity contribution is 6.03. The van der Waals surface area contributed by atoms with Gasteiger partial charge in [-0.3, -0.25) is 9.59 Å². The van der Waals surface area contributed by atoms with E-state index >= 15 is 0 Å². The molecule has 0 aromatic carbocycles. The normalized spacial score (nSPS) is 46.8. The van der Waals surface area contributed by atoms with Crippen LogP contribution in [0.15, 0.2) is 47.1 Å². The van der Waals surface area contributed by atoms with Crippen LogP contribution in [0.3, 0.4) is 0 Å². The smallest absolute Gasteiger partial charge is 0.316 e. The monoisotopic (exact) mass is 900 g/mol. The van der Waals surface area contributed by atoms with E-state index in [0.29, 0.717) is 61.5 Å². The number of esters is 1. The molecule has 5 saturated heterocycles. The highest BCUT2D eigenvalue weighted by Gasteiger charge is 2.60. The van der Waals surface area contributed by atoms with Crippen molar-refractivity contribution in [3.05, 3.63) is 47.1 Å². The Bertz CT molecular complexity index is 1800. The van der Waals surface area contributed by atoms with Crippen LogP contribution in [0.4, 0.5) is 0 Å². The van der Waals surface area contributed by atoms with Gasteiger partial charge in [-0.2, -0.15) is 0 Å². The fraction of sp³-hybridized carbons (Fsp3) is 0.796. The topological polar surface area (TPSA) is 187 Å². The summed E-state index contributed by atoms with van der Waals surface area (Å²) in [5.74, 6) is -4.37. The number of Topliss-reactive ketones (excluding diaryl/α,β-unsaturated/α-hetero) is 1. The number of methoxy groups -OCH3 is 2. The van der Waals surface area contributed by atoms with Crippen LogP contribution >= 0.6 is 0 Å². The number of rotatable bonds is 7. The highest BCUT2D eigenvalue weighted by atomic mass is 16.7. The van der Waals surface area contributed by atoms with Gasteiger partial charge in [0.1, 0.15) is 35.9 Å². The molecule has 0 amide bonds. The lowest BCUT2D eigenvalue weighted by molar-refractivity contribution is -0.370. The van der Waals surface area contributed by atoms with Crippen molar-refractivity contribution in [3.63, 3.8) is 0 Å². The van der Waals surface area contributed by atoms with E-state index in [9.17, 15) is 24.9 Å². The van der Waals surface area contributed by atoms with Crippen LogP contribution in [0.25, 0.3) is 0 Å². The van der Waals surface area contributed by atoms with E-state index in [-0.39, 0.29) is 31.0 Å². The lowest BCUT2D eigenvalue weighted by Crippen LogP contribution is -2.60. The first-order valence-electron chi connectivity index (χ1n) is 23.8. The van der Waals surface area contributed by atoms with Gasteiger partial charge in [-0.05, 0) is 88.4 Å². The second kappa shape index (κ2) is 19.7. The molecule has 1 saturated carbocycles. The number of ether oxygens (including phenoxy) is 10. The zero-order valence-corrected chi connectivity index (χ0v) is 38.7. The fourth-order valence-corrected chi connectivity index (χ4v) is 11.6. The molecule has 0 aromatic heterocycles. The lowest BCUT2D eigenvalue weighted by Gasteiger charge is -2.51. The Labute approximate surface area is 377 Å². The van der Waals surface area contributed by atoms with Crippen molar-refractivity contribution >= 4 is 11.8 Å². The molecular formula is C49H72O15. The average molecular weight is 901 g/mol. The number of aliphatic hydroxyl groups is 3. The Morgan fingerprint density at radius 2 is 1.61 bits per heavy atom. The third kappa shape index (κ3) is 9.66. The molecular weight excluding hydrogens is 829 g/mol. The van der Waals surface area contributed by atoms with Gasteiger partial charge < -0.3 is 62.7 Å². The van der Waals surface area contributed by atoms with E-state index in [4.69, 9.17) is 47.4 Å². The van der Waals surface area contributed by atoms with E-state index in [0.717, 1.165) is 24.8 Å². The van der Waals surface area contributed by atoms with Gasteiger partial charge in [0, 0.05) is 46.3 Å². The predicted molar refractivity (Wildman–Crippen MR) is 230 cm³/mol. The summed E-state index contributed by atoms with van der Waals surface area (Å²) in [6, 6.07) is 0. The van der Waals surface area contributed by atoms with Gasteiger partial charge in [-0.1, -0.05) is 56.6 Å². The summed E-state index contributed by atoms with van der Waals surface area (Å²) >= 11 is 0. The minimum atomic E-state index is -2.16. The zero-order chi connectivity index (χ0) is 45.6. The molecule has 15 heteroatoms. The number of allylic oxidation sites excluding steroid dienone is 2. The van der Waals surface area contributed by atoms with E-state index in [1.54, 1.807) is 39.2 Å². The molecule has 6 fully saturated rings. The van der Waals surface area contributed by atoms with Crippen LogP contribution in [0.1, 0.15) is 118 Å². The molecule has 2 aliphatic carbocycles. The maximum absolute atomic E-state index is 14.4. The molecule has 64 heavy (non-hydrogen) atoms. The molecule has 0 aromatic rings. The van der Waals surface area contributed by atoms with Gasteiger partial charge >= 0.3 is 5.97 Å². The highest BCUT2D eigenvalue weighted by Crippen LogP contribution is 2.48. The van der Waals surface area contributed by atoms with Crippen molar-refractivity contribution in [1.82, 2.24) is 0 Å². The Morgan fingerprint density at radius 1 is 0.844 bits per heavy atom. The first kappa shape index (κ1) is 48.1. The number of hydrogen-bond donors (Lipinski definition) is 3. The molecule has 6 aliphatic heterocycles. The van der Waals surface area contributed by atoms with Crippen molar-refractivity contribution in [1.29, 1.82) is 0 Å². The van der Waals surface area contributed by atoms with Gasteiger partial charge in [0.05, 0.1) is 37.1 Å². The molecule has 16 atom stereocenters. The van der Waals surface area contributed by atoms with Gasteiger partial charge in [-0.15, -0.1) is 0 Å². The molecule has 3 unspecified atom stereocenters. The van der Waals surface area contributed by atoms with Crippen LogP contribution in [0, 0.1) is 17.8 Å². The average Bonchev–Trinajstić information content (AvgIpc) is 3.61. The zero-order valence-electron chi connectivity index (χ0n) is 38.7. The number of carbonyl (C=O) groups is 2.